The molecule has 1 aliphatic rings. The Bertz CT molecular complexity index is 903. The SMILES string of the molecule is Nc1cccc(C2CN(c3cccc(CO)c3)CC(c3ncccn3)O2)c1. The summed E-state index contributed by atoms with van der Waals surface area (Å²) >= 11 is 0. The van der Waals surface area contributed by atoms with Crippen LogP contribution >= 0.6 is 0 Å². The maximum atomic E-state index is 9.47. The van der Waals surface area contributed by atoms with Gasteiger partial charge in [-0.3, -0.25) is 0 Å². The Balaban J connectivity index is 1.68. The third-order valence-corrected chi connectivity index (χ3v) is 4.72. The van der Waals surface area contributed by atoms with Crippen LogP contribution in [0.5, 0.6) is 0 Å². The fourth-order valence-electron chi connectivity index (χ4n) is 3.38. The molecular formula is C21H22N4O2. The molecule has 27 heavy (non-hydrogen) atoms. The number of rotatable bonds is 4. The van der Waals surface area contributed by atoms with Gasteiger partial charge in [-0.1, -0.05) is 24.3 Å². The Morgan fingerprint density at radius 3 is 2.56 bits per heavy atom. The van der Waals surface area contributed by atoms with Crippen LogP contribution in [0, 0.1) is 0 Å². The van der Waals surface area contributed by atoms with Crippen LogP contribution in [0.2, 0.25) is 0 Å². The molecule has 1 aliphatic heterocycles. The lowest BCUT2D eigenvalue weighted by Gasteiger charge is -2.39. The van der Waals surface area contributed by atoms with Gasteiger partial charge in [-0.2, -0.15) is 0 Å². The molecule has 3 aromatic rings. The summed E-state index contributed by atoms with van der Waals surface area (Å²) in [7, 11) is 0. The minimum absolute atomic E-state index is 0.0159. The quantitative estimate of drug-likeness (QED) is 0.694. The summed E-state index contributed by atoms with van der Waals surface area (Å²) < 4.78 is 6.35. The van der Waals surface area contributed by atoms with Crippen molar-refractivity contribution in [1.29, 1.82) is 0 Å². The van der Waals surface area contributed by atoms with E-state index in [2.05, 4.69) is 14.9 Å². The fourth-order valence-corrected chi connectivity index (χ4v) is 3.38. The normalized spacial score (nSPS) is 19.8. The molecule has 0 amide bonds. The molecule has 0 aliphatic carbocycles. The Hall–Kier alpha value is -2.96. The van der Waals surface area contributed by atoms with Gasteiger partial charge in [-0.15, -0.1) is 0 Å². The molecule has 0 spiro atoms. The molecule has 2 unspecified atom stereocenters. The van der Waals surface area contributed by atoms with E-state index in [0.29, 0.717) is 24.6 Å². The molecule has 0 saturated carbocycles. The number of ether oxygens (including phenoxy) is 1. The van der Waals surface area contributed by atoms with Gasteiger partial charge in [0.15, 0.2) is 5.82 Å². The molecule has 2 heterocycles. The first kappa shape index (κ1) is 17.5. The van der Waals surface area contributed by atoms with E-state index in [9.17, 15) is 5.11 Å². The highest BCUT2D eigenvalue weighted by molar-refractivity contribution is 5.50. The van der Waals surface area contributed by atoms with Gasteiger partial charge in [0.05, 0.1) is 13.2 Å². The number of nitrogen functional groups attached to an aromatic ring is 1. The first-order chi connectivity index (χ1) is 13.2. The van der Waals surface area contributed by atoms with E-state index in [4.69, 9.17) is 10.5 Å². The molecule has 2 atom stereocenters. The topological polar surface area (TPSA) is 84.5 Å². The van der Waals surface area contributed by atoms with Crippen LogP contribution in [0.1, 0.15) is 29.2 Å². The zero-order chi connectivity index (χ0) is 18.6. The highest BCUT2D eigenvalue weighted by atomic mass is 16.5. The van der Waals surface area contributed by atoms with Crippen molar-refractivity contribution in [3.05, 3.63) is 83.9 Å². The predicted molar refractivity (Wildman–Crippen MR) is 104 cm³/mol. The van der Waals surface area contributed by atoms with Gasteiger partial charge in [-0.05, 0) is 41.5 Å². The molecule has 0 radical (unpaired) electrons. The average molecular weight is 362 g/mol. The van der Waals surface area contributed by atoms with Gasteiger partial charge in [-0.25, -0.2) is 9.97 Å². The molecule has 1 fully saturated rings. The lowest BCUT2D eigenvalue weighted by Crippen LogP contribution is -2.40. The second-order valence-corrected chi connectivity index (χ2v) is 6.62. The molecule has 6 heteroatoms. The number of morpholine rings is 1. The third-order valence-electron chi connectivity index (χ3n) is 4.72. The molecular weight excluding hydrogens is 340 g/mol. The second-order valence-electron chi connectivity index (χ2n) is 6.62. The maximum Gasteiger partial charge on any atom is 0.158 e. The average Bonchev–Trinajstić information content (AvgIpc) is 2.74. The number of nitrogens with two attached hydrogens (primary N) is 1. The minimum atomic E-state index is -0.260. The van der Waals surface area contributed by atoms with Crippen molar-refractivity contribution in [2.45, 2.75) is 18.8 Å². The number of hydrogen-bond donors (Lipinski definition) is 2. The largest absolute Gasteiger partial charge is 0.399 e. The number of benzene rings is 2. The van der Waals surface area contributed by atoms with Crippen molar-refractivity contribution in [2.24, 2.45) is 0 Å². The van der Waals surface area contributed by atoms with Crippen LogP contribution in [0.4, 0.5) is 11.4 Å². The van der Waals surface area contributed by atoms with Crippen molar-refractivity contribution in [3.63, 3.8) is 0 Å². The second kappa shape index (κ2) is 7.73. The van der Waals surface area contributed by atoms with E-state index in [1.54, 1.807) is 18.5 Å². The summed E-state index contributed by atoms with van der Waals surface area (Å²) in [6.07, 6.45) is 3.04. The van der Waals surface area contributed by atoms with Crippen LogP contribution in [0.15, 0.2) is 67.0 Å². The highest BCUT2D eigenvalue weighted by Crippen LogP contribution is 2.34. The van der Waals surface area contributed by atoms with Crippen molar-refractivity contribution in [3.8, 4) is 0 Å². The van der Waals surface area contributed by atoms with Crippen LogP contribution in [-0.2, 0) is 11.3 Å². The van der Waals surface area contributed by atoms with Gasteiger partial charge in [0.1, 0.15) is 12.2 Å². The first-order valence-electron chi connectivity index (χ1n) is 8.95. The monoisotopic (exact) mass is 362 g/mol. The molecule has 138 valence electrons. The van der Waals surface area contributed by atoms with E-state index in [-0.39, 0.29) is 18.8 Å². The smallest absolute Gasteiger partial charge is 0.158 e. The number of hydrogen-bond acceptors (Lipinski definition) is 6. The van der Waals surface area contributed by atoms with E-state index < -0.39 is 0 Å². The number of nitrogens with zero attached hydrogens (tertiary/aromatic N) is 3. The maximum absolute atomic E-state index is 9.47. The van der Waals surface area contributed by atoms with Gasteiger partial charge in [0, 0.05) is 30.3 Å². The predicted octanol–water partition coefficient (Wildman–Crippen LogP) is 2.87. The number of aliphatic hydroxyl groups is 1. The summed E-state index contributed by atoms with van der Waals surface area (Å²) in [5, 5.41) is 9.47. The van der Waals surface area contributed by atoms with E-state index in [1.807, 2.05) is 48.5 Å². The summed E-state index contributed by atoms with van der Waals surface area (Å²) in [6.45, 7) is 1.33. The van der Waals surface area contributed by atoms with Gasteiger partial charge >= 0.3 is 0 Å². The molecule has 3 N–H and O–H groups in total. The lowest BCUT2D eigenvalue weighted by molar-refractivity contribution is -0.0337. The minimum Gasteiger partial charge on any atom is -0.399 e. The zero-order valence-corrected chi connectivity index (χ0v) is 14.9. The summed E-state index contributed by atoms with van der Waals surface area (Å²) in [6, 6.07) is 17.5. The standard InChI is InChI=1S/C21H22N4O2/c22-17-6-2-5-16(11-17)19-12-25(18-7-1-4-15(10-18)14-26)13-20(27-19)21-23-8-3-9-24-21/h1-11,19-20,26H,12-14,22H2. The lowest BCUT2D eigenvalue weighted by atomic mass is 10.0. The van der Waals surface area contributed by atoms with Crippen molar-refractivity contribution in [1.82, 2.24) is 9.97 Å². The molecule has 1 saturated heterocycles. The van der Waals surface area contributed by atoms with Crippen molar-refractivity contribution >= 4 is 11.4 Å². The Kier molecular flexibility index (Phi) is 5.00. The van der Waals surface area contributed by atoms with Crippen LogP contribution in [0.3, 0.4) is 0 Å². The van der Waals surface area contributed by atoms with Gasteiger partial charge in [0.2, 0.25) is 0 Å². The van der Waals surface area contributed by atoms with Crippen LogP contribution in [-0.4, -0.2) is 28.2 Å². The van der Waals surface area contributed by atoms with Gasteiger partial charge in [0.25, 0.3) is 0 Å². The number of aliphatic hydroxyl groups excluding tert-OH is 1. The first-order valence-corrected chi connectivity index (χ1v) is 8.95. The Morgan fingerprint density at radius 1 is 1.00 bits per heavy atom. The number of anilines is 2. The Morgan fingerprint density at radius 2 is 1.78 bits per heavy atom. The van der Waals surface area contributed by atoms with E-state index >= 15 is 0 Å². The number of aromatic nitrogens is 2. The zero-order valence-electron chi connectivity index (χ0n) is 14.9. The molecule has 4 rings (SSSR count). The van der Waals surface area contributed by atoms with E-state index in [0.717, 1.165) is 16.8 Å². The van der Waals surface area contributed by atoms with Crippen LogP contribution in [0.25, 0.3) is 0 Å². The molecule has 0 bridgehead atoms. The summed E-state index contributed by atoms with van der Waals surface area (Å²) in [4.78, 5) is 11.0. The van der Waals surface area contributed by atoms with Crippen LogP contribution < -0.4 is 10.6 Å². The molecule has 2 aromatic carbocycles. The van der Waals surface area contributed by atoms with Crippen molar-refractivity contribution < 1.29 is 9.84 Å². The van der Waals surface area contributed by atoms with Crippen molar-refractivity contribution in [2.75, 3.05) is 23.7 Å². The molecule has 6 nitrogen and oxygen atoms in total. The fraction of sp³-hybridized carbons (Fsp3) is 0.238. The van der Waals surface area contributed by atoms with Gasteiger partial charge < -0.3 is 20.5 Å². The third kappa shape index (κ3) is 3.92. The summed E-state index contributed by atoms with van der Waals surface area (Å²) in [5.41, 5.74) is 9.63. The van der Waals surface area contributed by atoms with E-state index in [1.165, 1.54) is 0 Å². The molecule has 1 aromatic heterocycles. The summed E-state index contributed by atoms with van der Waals surface area (Å²) in [5.74, 6) is 0.661. The highest BCUT2D eigenvalue weighted by Gasteiger charge is 2.31. The Labute approximate surface area is 158 Å².